The van der Waals surface area contributed by atoms with E-state index in [-0.39, 0.29) is 6.10 Å². The standard InChI is InChI=1S/C14H17NO3/c1-2-4-11(5-3-1)8-17-10-14-12-6-7-16-9-13(12)15-18-14/h1-5,12,14H,6-10H2. The minimum absolute atomic E-state index is 0.0626. The van der Waals surface area contributed by atoms with Crippen LogP contribution in [0.5, 0.6) is 0 Å². The molecule has 1 aromatic carbocycles. The van der Waals surface area contributed by atoms with Crippen molar-refractivity contribution in [2.75, 3.05) is 19.8 Å². The average molecular weight is 247 g/mol. The number of ether oxygens (including phenoxy) is 2. The van der Waals surface area contributed by atoms with Crippen molar-refractivity contribution in [2.24, 2.45) is 11.1 Å². The van der Waals surface area contributed by atoms with E-state index in [1.54, 1.807) is 0 Å². The van der Waals surface area contributed by atoms with Crippen molar-refractivity contribution in [3.8, 4) is 0 Å². The molecule has 18 heavy (non-hydrogen) atoms. The number of rotatable bonds is 4. The van der Waals surface area contributed by atoms with Gasteiger partial charge in [-0.25, -0.2) is 0 Å². The zero-order valence-corrected chi connectivity index (χ0v) is 10.2. The molecule has 3 rings (SSSR count). The van der Waals surface area contributed by atoms with Gasteiger partial charge >= 0.3 is 0 Å². The van der Waals surface area contributed by atoms with Crippen LogP contribution in [0.1, 0.15) is 12.0 Å². The summed E-state index contributed by atoms with van der Waals surface area (Å²) in [5.74, 6) is 0.384. The third-order valence-corrected chi connectivity index (χ3v) is 3.40. The first-order chi connectivity index (χ1) is 8.93. The van der Waals surface area contributed by atoms with Crippen molar-refractivity contribution in [2.45, 2.75) is 19.1 Å². The van der Waals surface area contributed by atoms with Crippen molar-refractivity contribution >= 4 is 5.71 Å². The summed E-state index contributed by atoms with van der Waals surface area (Å²) in [6.07, 6.45) is 1.05. The Bertz CT molecular complexity index is 418. The molecule has 2 heterocycles. The Morgan fingerprint density at radius 2 is 2.17 bits per heavy atom. The fourth-order valence-electron chi connectivity index (χ4n) is 2.38. The van der Waals surface area contributed by atoms with Gasteiger partial charge in [-0.3, -0.25) is 0 Å². The highest BCUT2D eigenvalue weighted by Gasteiger charge is 2.36. The highest BCUT2D eigenvalue weighted by atomic mass is 16.7. The van der Waals surface area contributed by atoms with Crippen molar-refractivity contribution in [1.29, 1.82) is 0 Å². The zero-order chi connectivity index (χ0) is 12.2. The molecule has 4 nitrogen and oxygen atoms in total. The third-order valence-electron chi connectivity index (χ3n) is 3.40. The van der Waals surface area contributed by atoms with Crippen LogP contribution in [-0.4, -0.2) is 31.6 Å². The van der Waals surface area contributed by atoms with E-state index in [9.17, 15) is 0 Å². The smallest absolute Gasteiger partial charge is 0.159 e. The zero-order valence-electron chi connectivity index (χ0n) is 10.2. The van der Waals surface area contributed by atoms with Crippen LogP contribution in [0.4, 0.5) is 0 Å². The number of fused-ring (bicyclic) bond motifs is 1. The fraction of sp³-hybridized carbons (Fsp3) is 0.500. The summed E-state index contributed by atoms with van der Waals surface area (Å²) in [5.41, 5.74) is 2.22. The van der Waals surface area contributed by atoms with Crippen LogP contribution in [0.25, 0.3) is 0 Å². The van der Waals surface area contributed by atoms with E-state index in [0.717, 1.165) is 18.7 Å². The third kappa shape index (κ3) is 2.54. The minimum Gasteiger partial charge on any atom is -0.389 e. The predicted molar refractivity (Wildman–Crippen MR) is 67.3 cm³/mol. The molecular formula is C14H17NO3. The van der Waals surface area contributed by atoms with Crippen molar-refractivity contribution in [3.63, 3.8) is 0 Å². The average Bonchev–Trinajstić information content (AvgIpc) is 2.84. The van der Waals surface area contributed by atoms with Gasteiger partial charge in [0.1, 0.15) is 0 Å². The Balaban J connectivity index is 1.47. The molecule has 0 radical (unpaired) electrons. The first-order valence-electron chi connectivity index (χ1n) is 6.35. The van der Waals surface area contributed by atoms with Crippen molar-refractivity contribution in [1.82, 2.24) is 0 Å². The SMILES string of the molecule is c1ccc(COCC2ON=C3COCCC32)cc1. The molecule has 0 saturated carbocycles. The van der Waals surface area contributed by atoms with Crippen molar-refractivity contribution in [3.05, 3.63) is 35.9 Å². The Kier molecular flexibility index (Phi) is 3.57. The molecule has 1 saturated heterocycles. The molecule has 0 aromatic heterocycles. The number of benzene rings is 1. The molecular weight excluding hydrogens is 230 g/mol. The molecule has 0 amide bonds. The van der Waals surface area contributed by atoms with Gasteiger partial charge in [-0.05, 0) is 12.0 Å². The van der Waals surface area contributed by atoms with E-state index in [1.165, 1.54) is 5.56 Å². The molecule has 0 spiro atoms. The maximum atomic E-state index is 5.71. The molecule has 1 aromatic rings. The van der Waals surface area contributed by atoms with E-state index < -0.39 is 0 Å². The number of oxime groups is 1. The molecule has 2 unspecified atom stereocenters. The second kappa shape index (κ2) is 5.50. The maximum absolute atomic E-state index is 5.71. The fourth-order valence-corrected chi connectivity index (χ4v) is 2.38. The molecule has 0 N–H and O–H groups in total. The molecule has 0 bridgehead atoms. The summed E-state index contributed by atoms with van der Waals surface area (Å²) in [6, 6.07) is 10.2. The van der Waals surface area contributed by atoms with Gasteiger partial charge in [-0.1, -0.05) is 35.5 Å². The van der Waals surface area contributed by atoms with Crippen LogP contribution in [0, 0.1) is 5.92 Å². The Labute approximate surface area is 107 Å². The van der Waals surface area contributed by atoms with E-state index in [1.807, 2.05) is 18.2 Å². The molecule has 96 valence electrons. The van der Waals surface area contributed by atoms with Gasteiger partial charge in [0, 0.05) is 12.5 Å². The van der Waals surface area contributed by atoms with E-state index in [4.69, 9.17) is 14.3 Å². The molecule has 2 aliphatic heterocycles. The first-order valence-corrected chi connectivity index (χ1v) is 6.35. The van der Waals surface area contributed by atoms with E-state index in [0.29, 0.717) is 25.7 Å². The Morgan fingerprint density at radius 1 is 1.28 bits per heavy atom. The molecule has 0 aliphatic carbocycles. The van der Waals surface area contributed by atoms with E-state index >= 15 is 0 Å². The Morgan fingerprint density at radius 3 is 3.06 bits per heavy atom. The summed E-state index contributed by atoms with van der Waals surface area (Å²) in [7, 11) is 0. The van der Waals surface area contributed by atoms with Crippen LogP contribution in [0.15, 0.2) is 35.5 Å². The van der Waals surface area contributed by atoms with Crippen LogP contribution in [0.2, 0.25) is 0 Å². The topological polar surface area (TPSA) is 40.0 Å². The summed E-state index contributed by atoms with van der Waals surface area (Å²) in [6.45, 7) is 2.62. The number of hydrogen-bond donors (Lipinski definition) is 0. The maximum Gasteiger partial charge on any atom is 0.159 e. The van der Waals surface area contributed by atoms with Crippen LogP contribution >= 0.6 is 0 Å². The second-order valence-corrected chi connectivity index (χ2v) is 4.67. The normalized spacial score (nSPS) is 26.3. The monoisotopic (exact) mass is 247 g/mol. The molecule has 4 heteroatoms. The lowest BCUT2D eigenvalue weighted by atomic mass is 9.93. The molecule has 2 atom stereocenters. The minimum atomic E-state index is 0.0626. The molecule has 2 aliphatic rings. The lowest BCUT2D eigenvalue weighted by molar-refractivity contribution is -0.0250. The summed E-state index contributed by atoms with van der Waals surface area (Å²) >= 11 is 0. The lowest BCUT2D eigenvalue weighted by Gasteiger charge is -2.22. The lowest BCUT2D eigenvalue weighted by Crippen LogP contribution is -2.34. The summed E-state index contributed by atoms with van der Waals surface area (Å²) in [4.78, 5) is 5.42. The summed E-state index contributed by atoms with van der Waals surface area (Å²) in [5, 5.41) is 4.08. The Hall–Kier alpha value is -1.39. The number of hydrogen-bond acceptors (Lipinski definition) is 4. The van der Waals surface area contributed by atoms with Gasteiger partial charge in [0.05, 0.1) is 25.5 Å². The van der Waals surface area contributed by atoms with Crippen molar-refractivity contribution < 1.29 is 14.3 Å². The highest BCUT2D eigenvalue weighted by molar-refractivity contribution is 5.89. The van der Waals surface area contributed by atoms with Crippen LogP contribution in [0.3, 0.4) is 0 Å². The van der Waals surface area contributed by atoms with Gasteiger partial charge in [0.25, 0.3) is 0 Å². The summed E-state index contributed by atoms with van der Waals surface area (Å²) < 4.78 is 11.1. The van der Waals surface area contributed by atoms with Gasteiger partial charge in [-0.15, -0.1) is 0 Å². The largest absolute Gasteiger partial charge is 0.389 e. The van der Waals surface area contributed by atoms with Crippen LogP contribution < -0.4 is 0 Å². The van der Waals surface area contributed by atoms with Gasteiger partial charge in [0.15, 0.2) is 6.10 Å². The van der Waals surface area contributed by atoms with E-state index in [2.05, 4.69) is 17.3 Å². The second-order valence-electron chi connectivity index (χ2n) is 4.67. The van der Waals surface area contributed by atoms with Gasteiger partial charge in [-0.2, -0.15) is 0 Å². The predicted octanol–water partition coefficient (Wildman–Crippen LogP) is 1.99. The quantitative estimate of drug-likeness (QED) is 0.817. The van der Waals surface area contributed by atoms with Gasteiger partial charge in [0.2, 0.25) is 0 Å². The first kappa shape index (κ1) is 11.7. The highest BCUT2D eigenvalue weighted by Crippen LogP contribution is 2.25. The van der Waals surface area contributed by atoms with Gasteiger partial charge < -0.3 is 14.3 Å². The number of nitrogens with zero attached hydrogens (tertiary/aromatic N) is 1. The van der Waals surface area contributed by atoms with Crippen LogP contribution in [-0.2, 0) is 20.9 Å². The molecule has 1 fully saturated rings.